The van der Waals surface area contributed by atoms with Gasteiger partial charge in [0.2, 0.25) is 5.91 Å². The molecule has 1 saturated carbocycles. The minimum atomic E-state index is -0.738. The number of nitrogens with zero attached hydrogens (tertiary/aromatic N) is 1. The molecule has 120 valence electrons. The molecule has 1 amide bonds. The fourth-order valence-corrected chi connectivity index (χ4v) is 3.70. The molecule has 1 aliphatic carbocycles. The zero-order valence-corrected chi connectivity index (χ0v) is 13.4. The lowest BCUT2D eigenvalue weighted by Crippen LogP contribution is -2.41. The van der Waals surface area contributed by atoms with Gasteiger partial charge in [0.05, 0.1) is 5.92 Å². The van der Waals surface area contributed by atoms with Crippen LogP contribution in [0, 0.1) is 23.7 Å². The Morgan fingerprint density at radius 1 is 1.10 bits per heavy atom. The van der Waals surface area contributed by atoms with Gasteiger partial charge >= 0.3 is 5.97 Å². The standard InChI is InChI=1S/C17H29NO3/c1-12(2)3-4-13-7-9-18(10-8-13)16(19)14-5-6-15(11-14)17(20)21/h12-15H,3-11H2,1-2H3,(H,20,21)/t14-,15+/m1/s1. The topological polar surface area (TPSA) is 57.6 Å². The van der Waals surface area contributed by atoms with Crippen molar-refractivity contribution in [3.8, 4) is 0 Å². The quantitative estimate of drug-likeness (QED) is 0.847. The van der Waals surface area contributed by atoms with Gasteiger partial charge in [-0.05, 0) is 43.9 Å². The third-order valence-corrected chi connectivity index (χ3v) is 5.21. The Morgan fingerprint density at radius 3 is 2.24 bits per heavy atom. The number of carboxylic acids is 1. The molecule has 1 saturated heterocycles. The predicted octanol–water partition coefficient (Wildman–Crippen LogP) is 3.16. The number of carbonyl (C=O) groups is 2. The molecule has 1 N–H and O–H groups in total. The molecule has 2 aliphatic rings. The number of carbonyl (C=O) groups excluding carboxylic acids is 1. The van der Waals surface area contributed by atoms with Gasteiger partial charge in [0.25, 0.3) is 0 Å². The van der Waals surface area contributed by atoms with E-state index in [1.165, 1.54) is 12.8 Å². The van der Waals surface area contributed by atoms with Crippen molar-refractivity contribution < 1.29 is 14.7 Å². The molecule has 1 heterocycles. The molecule has 0 bridgehead atoms. The number of amides is 1. The Kier molecular flexibility index (Phi) is 5.65. The summed E-state index contributed by atoms with van der Waals surface area (Å²) >= 11 is 0. The smallest absolute Gasteiger partial charge is 0.306 e. The van der Waals surface area contributed by atoms with Crippen molar-refractivity contribution in [3.05, 3.63) is 0 Å². The molecule has 0 aromatic heterocycles. The number of piperidine rings is 1. The van der Waals surface area contributed by atoms with Gasteiger partial charge in [0.1, 0.15) is 0 Å². The molecule has 0 unspecified atom stereocenters. The van der Waals surface area contributed by atoms with Gasteiger partial charge in [-0.15, -0.1) is 0 Å². The van der Waals surface area contributed by atoms with Crippen LogP contribution in [0.4, 0.5) is 0 Å². The Balaban J connectivity index is 1.75. The van der Waals surface area contributed by atoms with Crippen LogP contribution in [0.25, 0.3) is 0 Å². The summed E-state index contributed by atoms with van der Waals surface area (Å²) in [4.78, 5) is 25.5. The summed E-state index contributed by atoms with van der Waals surface area (Å²) < 4.78 is 0. The maximum atomic E-state index is 12.5. The van der Waals surface area contributed by atoms with E-state index in [-0.39, 0.29) is 17.7 Å². The lowest BCUT2D eigenvalue weighted by Gasteiger charge is -2.34. The molecule has 2 fully saturated rings. The van der Waals surface area contributed by atoms with Crippen molar-refractivity contribution in [1.29, 1.82) is 0 Å². The first-order chi connectivity index (χ1) is 9.97. The predicted molar refractivity (Wildman–Crippen MR) is 81.8 cm³/mol. The summed E-state index contributed by atoms with van der Waals surface area (Å²) in [6.45, 7) is 6.26. The van der Waals surface area contributed by atoms with Gasteiger partial charge in [-0.2, -0.15) is 0 Å². The summed E-state index contributed by atoms with van der Waals surface area (Å²) in [6, 6.07) is 0. The van der Waals surface area contributed by atoms with Gasteiger partial charge in [0.15, 0.2) is 0 Å². The number of hydrogen-bond donors (Lipinski definition) is 1. The Morgan fingerprint density at radius 2 is 1.71 bits per heavy atom. The van der Waals surface area contributed by atoms with Crippen LogP contribution >= 0.6 is 0 Å². The van der Waals surface area contributed by atoms with Crippen LogP contribution in [0.2, 0.25) is 0 Å². The van der Waals surface area contributed by atoms with Crippen molar-refractivity contribution >= 4 is 11.9 Å². The molecule has 2 rings (SSSR count). The minimum absolute atomic E-state index is 0.0432. The van der Waals surface area contributed by atoms with E-state index >= 15 is 0 Å². The molecule has 0 aromatic rings. The third-order valence-electron chi connectivity index (χ3n) is 5.21. The second-order valence-electron chi connectivity index (χ2n) is 7.28. The highest BCUT2D eigenvalue weighted by molar-refractivity contribution is 5.81. The van der Waals surface area contributed by atoms with E-state index < -0.39 is 5.97 Å². The molecule has 0 spiro atoms. The van der Waals surface area contributed by atoms with Crippen molar-refractivity contribution in [1.82, 2.24) is 4.90 Å². The fraction of sp³-hybridized carbons (Fsp3) is 0.882. The van der Waals surface area contributed by atoms with Crippen LogP contribution in [0.1, 0.15) is 58.8 Å². The zero-order valence-electron chi connectivity index (χ0n) is 13.4. The molecule has 2 atom stereocenters. The van der Waals surface area contributed by atoms with Crippen molar-refractivity contribution in [3.63, 3.8) is 0 Å². The fourth-order valence-electron chi connectivity index (χ4n) is 3.70. The van der Waals surface area contributed by atoms with E-state index in [4.69, 9.17) is 5.11 Å². The normalized spacial score (nSPS) is 27.3. The summed E-state index contributed by atoms with van der Waals surface area (Å²) in [5.74, 6) is 0.655. The highest BCUT2D eigenvalue weighted by Gasteiger charge is 2.36. The summed E-state index contributed by atoms with van der Waals surface area (Å²) in [5, 5.41) is 9.04. The van der Waals surface area contributed by atoms with E-state index in [1.54, 1.807) is 0 Å². The Hall–Kier alpha value is -1.06. The average Bonchev–Trinajstić information content (AvgIpc) is 2.95. The zero-order chi connectivity index (χ0) is 15.4. The van der Waals surface area contributed by atoms with Crippen LogP contribution < -0.4 is 0 Å². The lowest BCUT2D eigenvalue weighted by molar-refractivity contribution is -0.141. The van der Waals surface area contributed by atoms with E-state index in [9.17, 15) is 9.59 Å². The average molecular weight is 295 g/mol. The first-order valence-corrected chi connectivity index (χ1v) is 8.49. The molecule has 4 heteroatoms. The van der Waals surface area contributed by atoms with Crippen LogP contribution in [0.15, 0.2) is 0 Å². The Bertz CT molecular complexity index is 372. The van der Waals surface area contributed by atoms with Crippen molar-refractivity contribution in [2.45, 2.75) is 58.8 Å². The van der Waals surface area contributed by atoms with Crippen LogP contribution in [-0.2, 0) is 9.59 Å². The Labute approximate surface area is 127 Å². The highest BCUT2D eigenvalue weighted by Crippen LogP contribution is 2.33. The summed E-state index contributed by atoms with van der Waals surface area (Å²) in [6.07, 6.45) is 6.76. The van der Waals surface area contributed by atoms with Crippen molar-refractivity contribution in [2.75, 3.05) is 13.1 Å². The van der Waals surface area contributed by atoms with E-state index in [0.717, 1.165) is 44.2 Å². The SMILES string of the molecule is CC(C)CCC1CCN(C(=O)[C@@H]2CC[C@H](C(=O)O)C2)CC1. The monoisotopic (exact) mass is 295 g/mol. The summed E-state index contributed by atoms with van der Waals surface area (Å²) in [5.41, 5.74) is 0. The number of likely N-dealkylation sites (tertiary alicyclic amines) is 1. The first-order valence-electron chi connectivity index (χ1n) is 8.49. The van der Waals surface area contributed by atoms with E-state index in [0.29, 0.717) is 12.8 Å². The van der Waals surface area contributed by atoms with Gasteiger partial charge in [0, 0.05) is 19.0 Å². The summed E-state index contributed by atoms with van der Waals surface area (Å²) in [7, 11) is 0. The van der Waals surface area contributed by atoms with Gasteiger partial charge in [-0.25, -0.2) is 0 Å². The lowest BCUT2D eigenvalue weighted by atomic mass is 9.89. The maximum absolute atomic E-state index is 12.5. The highest BCUT2D eigenvalue weighted by atomic mass is 16.4. The largest absolute Gasteiger partial charge is 0.481 e. The number of aliphatic carboxylic acids is 1. The first kappa shape index (κ1) is 16.3. The second-order valence-corrected chi connectivity index (χ2v) is 7.28. The van der Waals surface area contributed by atoms with E-state index in [1.807, 2.05) is 4.90 Å². The van der Waals surface area contributed by atoms with Crippen LogP contribution in [0.3, 0.4) is 0 Å². The van der Waals surface area contributed by atoms with Gasteiger partial charge < -0.3 is 10.0 Å². The van der Waals surface area contributed by atoms with Gasteiger partial charge in [-0.1, -0.05) is 26.7 Å². The number of hydrogen-bond acceptors (Lipinski definition) is 2. The molecular formula is C17H29NO3. The molecule has 0 radical (unpaired) electrons. The molecule has 21 heavy (non-hydrogen) atoms. The van der Waals surface area contributed by atoms with Gasteiger partial charge in [-0.3, -0.25) is 9.59 Å². The minimum Gasteiger partial charge on any atom is -0.481 e. The van der Waals surface area contributed by atoms with Crippen LogP contribution in [0.5, 0.6) is 0 Å². The molecule has 0 aromatic carbocycles. The number of rotatable bonds is 5. The molecule has 4 nitrogen and oxygen atoms in total. The molecule has 1 aliphatic heterocycles. The van der Waals surface area contributed by atoms with Crippen molar-refractivity contribution in [2.24, 2.45) is 23.7 Å². The van der Waals surface area contributed by atoms with Crippen LogP contribution in [-0.4, -0.2) is 35.0 Å². The van der Waals surface area contributed by atoms with E-state index in [2.05, 4.69) is 13.8 Å². The second kappa shape index (κ2) is 7.28. The molecular weight excluding hydrogens is 266 g/mol. The third kappa shape index (κ3) is 4.45. The maximum Gasteiger partial charge on any atom is 0.306 e. The number of carboxylic acid groups (broad SMARTS) is 1.